The molecule has 0 aliphatic carbocycles. The monoisotopic (exact) mass is 454 g/mol. The third-order valence-corrected chi connectivity index (χ3v) is 5.83. The average Bonchev–Trinajstić information content (AvgIpc) is 3.32. The van der Waals surface area contributed by atoms with Crippen LogP contribution < -0.4 is 10.1 Å². The van der Waals surface area contributed by atoms with E-state index in [2.05, 4.69) is 15.6 Å². The highest BCUT2D eigenvalue weighted by molar-refractivity contribution is 5.94. The lowest BCUT2D eigenvalue weighted by Gasteiger charge is -2.36. The van der Waals surface area contributed by atoms with E-state index in [0.717, 1.165) is 17.0 Å². The first-order valence-corrected chi connectivity index (χ1v) is 10.9. The minimum absolute atomic E-state index is 0.0200. The van der Waals surface area contributed by atoms with Crippen LogP contribution in [0.3, 0.4) is 0 Å². The molecule has 174 valence electrons. The third kappa shape index (κ3) is 5.37. The van der Waals surface area contributed by atoms with Crippen molar-refractivity contribution in [2.24, 2.45) is 0 Å². The number of rotatable bonds is 8. The molecule has 0 radical (unpaired) electrons. The van der Waals surface area contributed by atoms with Gasteiger partial charge in [-0.25, -0.2) is 4.39 Å². The number of carbonyl (C=O) groups is 1. The first kappa shape index (κ1) is 22.9. The molecule has 1 aliphatic heterocycles. The summed E-state index contributed by atoms with van der Waals surface area (Å²) in [4.78, 5) is 12.4. The smallest absolute Gasteiger partial charge is 0.254 e. The van der Waals surface area contributed by atoms with Crippen molar-refractivity contribution >= 4 is 5.91 Å². The summed E-state index contributed by atoms with van der Waals surface area (Å²) in [6, 6.07) is 13.1. The van der Waals surface area contributed by atoms with Gasteiger partial charge in [-0.05, 0) is 43.5 Å². The predicted molar refractivity (Wildman–Crippen MR) is 119 cm³/mol. The number of aromatic nitrogens is 3. The number of hydrogen-bond donors (Lipinski definition) is 2. The second-order valence-corrected chi connectivity index (χ2v) is 7.97. The Morgan fingerprint density at radius 2 is 2.03 bits per heavy atom. The molecule has 1 fully saturated rings. The van der Waals surface area contributed by atoms with Gasteiger partial charge in [-0.1, -0.05) is 29.5 Å². The largest absolute Gasteiger partial charge is 0.496 e. The molecule has 9 heteroatoms. The van der Waals surface area contributed by atoms with Crippen LogP contribution in [0.25, 0.3) is 11.3 Å². The topological polar surface area (TPSA) is 98.5 Å². The lowest BCUT2D eigenvalue weighted by Crippen LogP contribution is -2.51. The number of ether oxygens (including phenoxy) is 2. The molecular formula is C24H27FN4O4. The van der Waals surface area contributed by atoms with E-state index in [9.17, 15) is 14.3 Å². The van der Waals surface area contributed by atoms with E-state index >= 15 is 0 Å². The van der Waals surface area contributed by atoms with Gasteiger partial charge in [0.1, 0.15) is 23.4 Å². The average molecular weight is 455 g/mol. The van der Waals surface area contributed by atoms with Gasteiger partial charge in [-0.3, -0.25) is 9.48 Å². The highest BCUT2D eigenvalue weighted by Gasteiger charge is 2.32. The molecule has 1 aliphatic rings. The maximum Gasteiger partial charge on any atom is 0.254 e. The number of aliphatic hydroxyl groups excluding tert-OH is 1. The van der Waals surface area contributed by atoms with Crippen LogP contribution in [-0.2, 0) is 11.3 Å². The highest BCUT2D eigenvalue weighted by Crippen LogP contribution is 2.28. The number of carbonyl (C=O) groups excluding carboxylic acids is 1. The molecule has 0 saturated carbocycles. The molecular weight excluding hydrogens is 427 g/mol. The van der Waals surface area contributed by atoms with E-state index in [0.29, 0.717) is 25.8 Å². The fourth-order valence-corrected chi connectivity index (χ4v) is 4.06. The molecule has 2 aromatic carbocycles. The third-order valence-electron chi connectivity index (χ3n) is 5.83. The van der Waals surface area contributed by atoms with Crippen LogP contribution in [0.15, 0.2) is 54.7 Å². The van der Waals surface area contributed by atoms with Crippen molar-refractivity contribution in [2.75, 3.05) is 13.7 Å². The van der Waals surface area contributed by atoms with Crippen molar-refractivity contribution in [1.82, 2.24) is 20.3 Å². The maximum atomic E-state index is 13.9. The minimum atomic E-state index is -0.578. The zero-order valence-corrected chi connectivity index (χ0v) is 18.4. The second-order valence-electron chi connectivity index (χ2n) is 7.97. The van der Waals surface area contributed by atoms with Crippen molar-refractivity contribution in [3.8, 4) is 17.0 Å². The first-order chi connectivity index (χ1) is 16.1. The fourth-order valence-electron chi connectivity index (χ4n) is 4.06. The van der Waals surface area contributed by atoms with Crippen LogP contribution in [0.2, 0.25) is 0 Å². The summed E-state index contributed by atoms with van der Waals surface area (Å²) in [6.07, 6.45) is 3.22. The number of nitrogens with zero attached hydrogens (tertiary/aromatic N) is 3. The zero-order chi connectivity index (χ0) is 23.2. The number of benzene rings is 2. The molecule has 0 bridgehead atoms. The van der Waals surface area contributed by atoms with Gasteiger partial charge in [0.2, 0.25) is 0 Å². The summed E-state index contributed by atoms with van der Waals surface area (Å²) in [5, 5.41) is 21.0. The maximum absolute atomic E-state index is 13.9. The van der Waals surface area contributed by atoms with Gasteiger partial charge < -0.3 is 19.9 Å². The number of nitrogens with one attached hydrogen (secondary N) is 1. The van der Waals surface area contributed by atoms with Crippen molar-refractivity contribution in [3.63, 3.8) is 0 Å². The van der Waals surface area contributed by atoms with Crippen LogP contribution in [0.1, 0.15) is 29.6 Å². The molecule has 1 saturated heterocycles. The Balaban J connectivity index is 1.32. The number of methoxy groups -OCH3 is 1. The van der Waals surface area contributed by atoms with Crippen molar-refractivity contribution in [2.45, 2.75) is 44.1 Å². The Hall–Kier alpha value is -3.30. The van der Waals surface area contributed by atoms with E-state index in [4.69, 9.17) is 9.47 Å². The summed E-state index contributed by atoms with van der Waals surface area (Å²) >= 11 is 0. The lowest BCUT2D eigenvalue weighted by atomic mass is 9.96. The Morgan fingerprint density at radius 1 is 1.24 bits per heavy atom. The Bertz CT molecular complexity index is 1090. The van der Waals surface area contributed by atoms with Gasteiger partial charge >= 0.3 is 0 Å². The van der Waals surface area contributed by atoms with Crippen LogP contribution in [-0.4, -0.2) is 58.0 Å². The summed E-state index contributed by atoms with van der Waals surface area (Å²) < 4.78 is 27.1. The number of hydrogen-bond acceptors (Lipinski definition) is 6. The quantitative estimate of drug-likeness (QED) is 0.543. The molecule has 0 spiro atoms. The Kier molecular flexibility index (Phi) is 7.31. The molecule has 2 heterocycles. The molecule has 2 N–H and O–H groups in total. The Labute approximate surface area is 191 Å². The summed E-state index contributed by atoms with van der Waals surface area (Å²) in [7, 11) is 1.62. The number of aryl methyl sites for hydroxylation is 1. The van der Waals surface area contributed by atoms with Crippen LogP contribution >= 0.6 is 0 Å². The molecule has 1 aromatic heterocycles. The summed E-state index contributed by atoms with van der Waals surface area (Å²) in [6.45, 7) is 0.358. The zero-order valence-electron chi connectivity index (χ0n) is 18.4. The first-order valence-electron chi connectivity index (χ1n) is 10.9. The van der Waals surface area contributed by atoms with Gasteiger partial charge in [0.25, 0.3) is 5.91 Å². The highest BCUT2D eigenvalue weighted by atomic mass is 19.1. The molecule has 0 unspecified atom stereocenters. The Morgan fingerprint density at radius 3 is 2.82 bits per heavy atom. The molecule has 8 nitrogen and oxygen atoms in total. The van der Waals surface area contributed by atoms with Crippen LogP contribution in [0.5, 0.6) is 5.75 Å². The normalized spacial score (nSPS) is 20.4. The number of aliphatic hydroxyl groups is 1. The van der Waals surface area contributed by atoms with E-state index in [1.807, 2.05) is 30.5 Å². The van der Waals surface area contributed by atoms with Crippen molar-refractivity contribution < 1.29 is 23.8 Å². The van der Waals surface area contributed by atoms with Crippen LogP contribution in [0, 0.1) is 5.82 Å². The van der Waals surface area contributed by atoms with E-state index in [1.54, 1.807) is 17.9 Å². The number of para-hydroxylation sites is 1. The van der Waals surface area contributed by atoms with Crippen LogP contribution in [0.4, 0.5) is 4.39 Å². The van der Waals surface area contributed by atoms with E-state index < -0.39 is 17.8 Å². The molecule has 3 atom stereocenters. The van der Waals surface area contributed by atoms with Crippen molar-refractivity contribution in [1.29, 1.82) is 0 Å². The van der Waals surface area contributed by atoms with Crippen molar-refractivity contribution in [3.05, 3.63) is 66.1 Å². The lowest BCUT2D eigenvalue weighted by molar-refractivity contribution is -0.0912. The SMILES string of the molecule is COc1ccccc1-c1cn(CC[C@@H]2CC[C@@H](NC(=O)c3ccccc3F)[C@H](CO)O2)nn1. The number of amides is 1. The number of halogens is 1. The van der Waals surface area contributed by atoms with Gasteiger partial charge in [-0.15, -0.1) is 5.10 Å². The minimum Gasteiger partial charge on any atom is -0.496 e. The molecule has 33 heavy (non-hydrogen) atoms. The van der Waals surface area contributed by atoms with Gasteiger partial charge in [0, 0.05) is 12.1 Å². The van der Waals surface area contributed by atoms with E-state index in [-0.39, 0.29) is 24.3 Å². The predicted octanol–water partition coefficient (Wildman–Crippen LogP) is 2.82. The summed E-state index contributed by atoms with van der Waals surface area (Å²) in [5.41, 5.74) is 1.57. The van der Waals surface area contributed by atoms with E-state index in [1.165, 1.54) is 18.2 Å². The van der Waals surface area contributed by atoms with Gasteiger partial charge in [0.15, 0.2) is 0 Å². The second kappa shape index (κ2) is 10.5. The van der Waals surface area contributed by atoms with Gasteiger partial charge in [0.05, 0.1) is 37.6 Å². The van der Waals surface area contributed by atoms with Gasteiger partial charge in [-0.2, -0.15) is 0 Å². The summed E-state index contributed by atoms with van der Waals surface area (Å²) in [5.74, 6) is -0.356. The molecule has 4 rings (SSSR count). The standard InChI is InChI=1S/C24H27FN4O4/c1-32-22-9-5-3-7-18(22)21-14-29(28-27-21)13-12-16-10-11-20(23(15-30)33-16)26-24(31)17-6-2-4-8-19(17)25/h2-9,14,16,20,23,30H,10-13,15H2,1H3,(H,26,31)/t16-,20+,23-/m0/s1. The fraction of sp³-hybridized carbons (Fsp3) is 0.375. The molecule has 3 aromatic rings. The molecule has 1 amide bonds.